The molecule has 3 N–H and O–H groups in total. The van der Waals surface area contributed by atoms with E-state index in [1.54, 1.807) is 24.3 Å². The van der Waals surface area contributed by atoms with Crippen molar-refractivity contribution in [1.82, 2.24) is 0 Å². The highest BCUT2D eigenvalue weighted by Crippen LogP contribution is 2.29. The van der Waals surface area contributed by atoms with Crippen molar-refractivity contribution in [3.05, 3.63) is 126 Å². The van der Waals surface area contributed by atoms with Crippen molar-refractivity contribution in [3.8, 4) is 11.3 Å². The van der Waals surface area contributed by atoms with Gasteiger partial charge in [0.15, 0.2) is 5.78 Å². The van der Waals surface area contributed by atoms with Gasteiger partial charge in [0.2, 0.25) is 0 Å². The minimum Gasteiger partial charge on any atom is -0.456 e. The number of allylic oxidation sites excluding steroid dienone is 1. The van der Waals surface area contributed by atoms with Crippen LogP contribution >= 0.6 is 0 Å². The Morgan fingerprint density at radius 1 is 0.872 bits per heavy atom. The summed E-state index contributed by atoms with van der Waals surface area (Å²) in [5, 5.41) is 7.34. The third kappa shape index (κ3) is 9.51. The Bertz CT molecular complexity index is 1950. The lowest BCUT2D eigenvalue weighted by molar-refractivity contribution is -0.117. The van der Waals surface area contributed by atoms with E-state index in [0.29, 0.717) is 16.9 Å². The molecule has 0 aliphatic heterocycles. The molecular weight excluding hydrogens is 612 g/mol. The number of nitrogens with one attached hydrogen (secondary N) is 2. The average Bonchev–Trinajstić information content (AvgIpc) is 3.47. The van der Waals surface area contributed by atoms with Crippen molar-refractivity contribution in [2.24, 2.45) is 5.41 Å². The molecule has 1 unspecified atom stereocenters. The van der Waals surface area contributed by atoms with Gasteiger partial charge in [0.25, 0.3) is 16.0 Å². The first kappa shape index (κ1) is 33.4. The second kappa shape index (κ2) is 14.2. The van der Waals surface area contributed by atoms with Crippen LogP contribution in [0.3, 0.4) is 0 Å². The molecule has 0 fully saturated rings. The molecular formula is C38H38N2O6S. The Morgan fingerprint density at radius 3 is 2.17 bits per heavy atom. The lowest BCUT2D eigenvalue weighted by atomic mass is 9.95. The highest BCUT2D eigenvalue weighted by atomic mass is 32.2. The van der Waals surface area contributed by atoms with Gasteiger partial charge < -0.3 is 15.1 Å². The summed E-state index contributed by atoms with van der Waals surface area (Å²) in [5.74, 6) is -0.239. The number of ketones is 1. The highest BCUT2D eigenvalue weighted by molar-refractivity contribution is 7.85. The average molecular weight is 651 g/mol. The van der Waals surface area contributed by atoms with E-state index in [-0.39, 0.29) is 29.9 Å². The van der Waals surface area contributed by atoms with Gasteiger partial charge in [0.1, 0.15) is 17.4 Å². The third-order valence-corrected chi connectivity index (χ3v) is 8.30. The molecule has 1 atom stereocenters. The maximum Gasteiger partial charge on any atom is 0.264 e. The van der Waals surface area contributed by atoms with Crippen LogP contribution < -0.4 is 10.6 Å². The zero-order valence-electron chi connectivity index (χ0n) is 26.6. The summed E-state index contributed by atoms with van der Waals surface area (Å²) in [5.41, 5.74) is 5.15. The number of hydrogen-bond donors (Lipinski definition) is 3. The Balaban J connectivity index is 1.33. The first-order valence-electron chi connectivity index (χ1n) is 15.4. The van der Waals surface area contributed by atoms with Crippen LogP contribution in [0.15, 0.2) is 114 Å². The van der Waals surface area contributed by atoms with Gasteiger partial charge in [-0.2, -0.15) is 8.42 Å². The van der Waals surface area contributed by atoms with Crippen LogP contribution in [0.1, 0.15) is 61.1 Å². The number of anilines is 2. The van der Waals surface area contributed by atoms with Crippen LogP contribution in [0, 0.1) is 5.41 Å². The largest absolute Gasteiger partial charge is 0.456 e. The van der Waals surface area contributed by atoms with Gasteiger partial charge in [-0.15, -0.1) is 0 Å². The van der Waals surface area contributed by atoms with E-state index >= 15 is 0 Å². The molecule has 4 aromatic carbocycles. The van der Waals surface area contributed by atoms with Crippen molar-refractivity contribution < 1.29 is 27.0 Å². The zero-order chi connectivity index (χ0) is 33.6. The standard InChI is InChI=1S/C38H38N2O6S/c1-38(2,3)23-22-26-10-12-29(13-11-26)36(39-31-18-14-27(15-19-31)33(41)8-6-24-47(43,44)45)37(42)40-32-20-16-28(17-21-32)35-25-30-7-4-5-9-34(30)46-35/h4-5,7,9-23,25,36,39H,6,8,24H2,1-3H3,(H,40,42)(H,43,44,45)/b23-22+. The van der Waals surface area contributed by atoms with E-state index in [1.165, 1.54) is 0 Å². The second-order valence-electron chi connectivity index (χ2n) is 12.5. The molecule has 242 valence electrons. The first-order valence-corrected chi connectivity index (χ1v) is 17.0. The highest BCUT2D eigenvalue weighted by Gasteiger charge is 2.22. The van der Waals surface area contributed by atoms with E-state index in [1.807, 2.05) is 78.9 Å². The van der Waals surface area contributed by atoms with Gasteiger partial charge in [-0.05, 0) is 83.6 Å². The molecule has 1 heterocycles. The number of rotatable bonds is 12. The van der Waals surface area contributed by atoms with Crippen molar-refractivity contribution in [3.63, 3.8) is 0 Å². The summed E-state index contributed by atoms with van der Waals surface area (Å²) in [6.45, 7) is 6.39. The number of furan rings is 1. The number of Topliss-reactive ketones (excluding diaryl/α,β-unsaturated/α-hetero) is 1. The van der Waals surface area contributed by atoms with Gasteiger partial charge in [0, 0.05) is 34.3 Å². The van der Waals surface area contributed by atoms with Crippen LogP contribution in [-0.2, 0) is 14.9 Å². The summed E-state index contributed by atoms with van der Waals surface area (Å²) < 4.78 is 36.9. The molecule has 0 saturated heterocycles. The predicted octanol–water partition coefficient (Wildman–Crippen LogP) is 8.80. The smallest absolute Gasteiger partial charge is 0.264 e. The number of fused-ring (bicyclic) bond motifs is 1. The van der Waals surface area contributed by atoms with Gasteiger partial charge in [-0.25, -0.2) is 0 Å². The van der Waals surface area contributed by atoms with Gasteiger partial charge >= 0.3 is 0 Å². The fourth-order valence-corrected chi connectivity index (χ4v) is 5.49. The normalized spacial score (nSPS) is 12.7. The van der Waals surface area contributed by atoms with E-state index < -0.39 is 21.9 Å². The third-order valence-electron chi connectivity index (χ3n) is 7.49. The number of carbonyl (C=O) groups excluding carboxylic acids is 2. The molecule has 47 heavy (non-hydrogen) atoms. The lowest BCUT2D eigenvalue weighted by Gasteiger charge is -2.21. The number of benzene rings is 4. The Hall–Kier alpha value is -4.99. The van der Waals surface area contributed by atoms with Crippen molar-refractivity contribution >= 4 is 50.2 Å². The SMILES string of the molecule is CC(C)(C)/C=C/c1ccc(C(Nc2ccc(C(=O)CCCS(=O)(=O)O)cc2)C(=O)Nc2ccc(-c3cc4ccccc4o3)cc2)cc1. The number of para-hydroxylation sites is 1. The fraction of sp³-hybridized carbons (Fsp3) is 0.211. The molecule has 1 amide bonds. The summed E-state index contributed by atoms with van der Waals surface area (Å²) >= 11 is 0. The zero-order valence-corrected chi connectivity index (χ0v) is 27.4. The maximum atomic E-state index is 13.8. The minimum atomic E-state index is -4.12. The predicted molar refractivity (Wildman–Crippen MR) is 188 cm³/mol. The van der Waals surface area contributed by atoms with Crippen LogP contribution in [0.25, 0.3) is 28.4 Å². The van der Waals surface area contributed by atoms with Crippen LogP contribution in [0.4, 0.5) is 11.4 Å². The second-order valence-corrected chi connectivity index (χ2v) is 14.1. The van der Waals surface area contributed by atoms with Gasteiger partial charge in [-0.1, -0.05) is 75.4 Å². The van der Waals surface area contributed by atoms with Gasteiger partial charge in [-0.3, -0.25) is 14.1 Å². The number of carbonyl (C=O) groups is 2. The molecule has 0 spiro atoms. The molecule has 0 radical (unpaired) electrons. The molecule has 0 aliphatic carbocycles. The Labute approximate surface area is 275 Å². The molecule has 1 aromatic heterocycles. The minimum absolute atomic E-state index is 0.0112. The van der Waals surface area contributed by atoms with Crippen molar-refractivity contribution in [2.75, 3.05) is 16.4 Å². The number of hydrogen-bond acceptors (Lipinski definition) is 6. The molecule has 9 heteroatoms. The monoisotopic (exact) mass is 650 g/mol. The Kier molecular flexibility index (Phi) is 10.1. The van der Waals surface area contributed by atoms with E-state index in [4.69, 9.17) is 8.97 Å². The summed E-state index contributed by atoms with van der Waals surface area (Å²) in [6, 6.07) is 30.9. The summed E-state index contributed by atoms with van der Waals surface area (Å²) in [4.78, 5) is 26.3. The maximum absolute atomic E-state index is 13.8. The molecule has 0 aliphatic rings. The first-order chi connectivity index (χ1) is 22.3. The quantitative estimate of drug-likeness (QED) is 0.0910. The molecule has 5 rings (SSSR count). The van der Waals surface area contributed by atoms with Crippen LogP contribution in [0.2, 0.25) is 0 Å². The van der Waals surface area contributed by atoms with Crippen LogP contribution in [0.5, 0.6) is 0 Å². The van der Waals surface area contributed by atoms with Gasteiger partial charge in [0.05, 0.1) is 5.75 Å². The van der Waals surface area contributed by atoms with Crippen LogP contribution in [-0.4, -0.2) is 30.4 Å². The Morgan fingerprint density at radius 2 is 1.53 bits per heavy atom. The lowest BCUT2D eigenvalue weighted by Crippen LogP contribution is -2.27. The van der Waals surface area contributed by atoms with E-state index in [9.17, 15) is 18.0 Å². The summed E-state index contributed by atoms with van der Waals surface area (Å²) in [6.07, 6.45) is 4.20. The van der Waals surface area contributed by atoms with E-state index in [2.05, 4.69) is 43.6 Å². The van der Waals surface area contributed by atoms with Crippen molar-refractivity contribution in [2.45, 2.75) is 39.7 Å². The molecule has 5 aromatic rings. The van der Waals surface area contributed by atoms with Crippen molar-refractivity contribution in [1.29, 1.82) is 0 Å². The number of amides is 1. The molecule has 0 saturated carbocycles. The molecule has 8 nitrogen and oxygen atoms in total. The topological polar surface area (TPSA) is 126 Å². The fourth-order valence-electron chi connectivity index (χ4n) is 4.98. The molecule has 0 bridgehead atoms. The van der Waals surface area contributed by atoms with E-state index in [0.717, 1.165) is 33.4 Å². The summed E-state index contributed by atoms with van der Waals surface area (Å²) in [7, 11) is -4.12.